The highest BCUT2D eigenvalue weighted by atomic mass is 16.5. The van der Waals surface area contributed by atoms with E-state index in [0.29, 0.717) is 18.5 Å². The second-order valence-electron chi connectivity index (χ2n) is 5.04. The van der Waals surface area contributed by atoms with E-state index < -0.39 is 18.2 Å². The zero-order valence-corrected chi connectivity index (χ0v) is 11.3. The maximum atomic E-state index is 12.2. The first-order chi connectivity index (χ1) is 10.1. The van der Waals surface area contributed by atoms with Gasteiger partial charge >= 0.3 is 5.97 Å². The lowest BCUT2D eigenvalue weighted by molar-refractivity contribution is -0.150. The fourth-order valence-electron chi connectivity index (χ4n) is 2.56. The number of hydrogen-bond donors (Lipinski definition) is 2. The number of carbonyl (C=O) groups excluding carboxylic acids is 1. The molecule has 1 aliphatic heterocycles. The van der Waals surface area contributed by atoms with Crippen molar-refractivity contribution in [1.29, 1.82) is 0 Å². The Kier molecular flexibility index (Phi) is 3.58. The number of carboxylic acids is 1. The van der Waals surface area contributed by atoms with Gasteiger partial charge in [-0.3, -0.25) is 4.79 Å². The van der Waals surface area contributed by atoms with Gasteiger partial charge in [-0.25, -0.2) is 4.79 Å². The van der Waals surface area contributed by atoms with Crippen LogP contribution in [0.4, 0.5) is 5.69 Å². The average molecular weight is 285 g/mol. The molecule has 1 heterocycles. The highest BCUT2D eigenvalue weighted by Crippen LogP contribution is 2.25. The SMILES string of the molecule is O=C(Nc1cccc2ccccc12)[C@@H]1CC[C@H](C(=O)O)O1. The third-order valence-corrected chi connectivity index (χ3v) is 3.63. The van der Waals surface area contributed by atoms with Crippen molar-refractivity contribution in [3.8, 4) is 0 Å². The molecule has 0 aliphatic carbocycles. The van der Waals surface area contributed by atoms with Crippen LogP contribution in [0.15, 0.2) is 42.5 Å². The molecule has 5 nitrogen and oxygen atoms in total. The number of aliphatic carboxylic acids is 1. The van der Waals surface area contributed by atoms with Crippen LogP contribution in [0.2, 0.25) is 0 Å². The minimum Gasteiger partial charge on any atom is -0.479 e. The Morgan fingerprint density at radius 1 is 1.05 bits per heavy atom. The van der Waals surface area contributed by atoms with Crippen LogP contribution in [-0.4, -0.2) is 29.2 Å². The lowest BCUT2D eigenvalue weighted by Gasteiger charge is -2.13. The van der Waals surface area contributed by atoms with E-state index in [1.807, 2.05) is 42.5 Å². The molecule has 21 heavy (non-hydrogen) atoms. The minimum absolute atomic E-state index is 0.296. The molecule has 1 saturated heterocycles. The molecule has 5 heteroatoms. The van der Waals surface area contributed by atoms with E-state index in [0.717, 1.165) is 10.8 Å². The normalized spacial score (nSPS) is 21.3. The molecular weight excluding hydrogens is 270 g/mol. The van der Waals surface area contributed by atoms with Crippen LogP contribution in [0, 0.1) is 0 Å². The number of hydrogen-bond acceptors (Lipinski definition) is 3. The molecule has 3 rings (SSSR count). The van der Waals surface area contributed by atoms with Crippen molar-refractivity contribution in [2.45, 2.75) is 25.0 Å². The van der Waals surface area contributed by atoms with Crippen molar-refractivity contribution in [2.75, 3.05) is 5.32 Å². The van der Waals surface area contributed by atoms with E-state index in [2.05, 4.69) is 5.32 Å². The van der Waals surface area contributed by atoms with Gasteiger partial charge < -0.3 is 15.2 Å². The number of carbonyl (C=O) groups is 2. The maximum absolute atomic E-state index is 12.2. The molecule has 0 saturated carbocycles. The first-order valence-corrected chi connectivity index (χ1v) is 6.82. The molecule has 1 fully saturated rings. The molecule has 1 aliphatic rings. The second-order valence-corrected chi connectivity index (χ2v) is 5.04. The quantitative estimate of drug-likeness (QED) is 0.908. The van der Waals surface area contributed by atoms with E-state index in [9.17, 15) is 9.59 Å². The molecule has 0 unspecified atom stereocenters. The highest BCUT2D eigenvalue weighted by molar-refractivity contribution is 6.03. The summed E-state index contributed by atoms with van der Waals surface area (Å²) in [5.74, 6) is -1.31. The Labute approximate surface area is 121 Å². The van der Waals surface area contributed by atoms with Gasteiger partial charge in [0.25, 0.3) is 5.91 Å². The summed E-state index contributed by atoms with van der Waals surface area (Å²) in [5, 5.41) is 13.7. The number of ether oxygens (including phenoxy) is 1. The smallest absolute Gasteiger partial charge is 0.332 e. The van der Waals surface area contributed by atoms with Gasteiger partial charge in [-0.2, -0.15) is 0 Å². The molecule has 0 spiro atoms. The van der Waals surface area contributed by atoms with Gasteiger partial charge in [0, 0.05) is 11.1 Å². The highest BCUT2D eigenvalue weighted by Gasteiger charge is 2.34. The third-order valence-electron chi connectivity index (χ3n) is 3.63. The number of nitrogens with one attached hydrogen (secondary N) is 1. The van der Waals surface area contributed by atoms with Gasteiger partial charge in [0.2, 0.25) is 0 Å². The van der Waals surface area contributed by atoms with Crippen LogP contribution < -0.4 is 5.32 Å². The number of carboxylic acid groups (broad SMARTS) is 1. The van der Waals surface area contributed by atoms with Crippen LogP contribution in [0.1, 0.15) is 12.8 Å². The first kappa shape index (κ1) is 13.6. The Balaban J connectivity index is 1.77. The Hall–Kier alpha value is -2.40. The van der Waals surface area contributed by atoms with Crippen molar-refractivity contribution in [3.63, 3.8) is 0 Å². The van der Waals surface area contributed by atoms with Crippen molar-refractivity contribution in [1.82, 2.24) is 0 Å². The van der Waals surface area contributed by atoms with Gasteiger partial charge in [-0.15, -0.1) is 0 Å². The largest absolute Gasteiger partial charge is 0.479 e. The van der Waals surface area contributed by atoms with Crippen molar-refractivity contribution >= 4 is 28.3 Å². The summed E-state index contributed by atoms with van der Waals surface area (Å²) in [6.45, 7) is 0. The Morgan fingerprint density at radius 3 is 2.52 bits per heavy atom. The molecule has 2 N–H and O–H groups in total. The third kappa shape index (κ3) is 2.73. The van der Waals surface area contributed by atoms with Crippen molar-refractivity contribution in [2.24, 2.45) is 0 Å². The molecule has 0 radical (unpaired) electrons. The van der Waals surface area contributed by atoms with Gasteiger partial charge in [0.15, 0.2) is 6.10 Å². The fourth-order valence-corrected chi connectivity index (χ4v) is 2.56. The molecule has 2 aromatic carbocycles. The molecule has 0 aromatic heterocycles. The predicted octanol–water partition coefficient (Wildman–Crippen LogP) is 2.41. The second kappa shape index (κ2) is 5.54. The molecule has 2 atom stereocenters. The standard InChI is InChI=1S/C16H15NO4/c18-15(13-8-9-14(21-13)16(19)20)17-12-7-3-5-10-4-1-2-6-11(10)12/h1-7,13-14H,8-9H2,(H,17,18)(H,19,20)/t13-,14+/m0/s1. The van der Waals surface area contributed by atoms with Crippen molar-refractivity contribution < 1.29 is 19.4 Å². The number of amides is 1. The maximum Gasteiger partial charge on any atom is 0.332 e. The molecule has 1 amide bonds. The first-order valence-electron chi connectivity index (χ1n) is 6.82. The van der Waals surface area contributed by atoms with Crippen LogP contribution >= 0.6 is 0 Å². The van der Waals surface area contributed by atoms with Crippen LogP contribution in [0.25, 0.3) is 10.8 Å². The van der Waals surface area contributed by atoms with Crippen molar-refractivity contribution in [3.05, 3.63) is 42.5 Å². The lowest BCUT2D eigenvalue weighted by Crippen LogP contribution is -2.30. The van der Waals surface area contributed by atoms with Gasteiger partial charge in [0.1, 0.15) is 6.10 Å². The Morgan fingerprint density at radius 2 is 1.76 bits per heavy atom. The molecular formula is C16H15NO4. The molecule has 0 bridgehead atoms. The lowest BCUT2D eigenvalue weighted by atomic mass is 10.1. The molecule has 108 valence electrons. The summed E-state index contributed by atoms with van der Waals surface area (Å²) < 4.78 is 5.26. The van der Waals surface area contributed by atoms with E-state index in [4.69, 9.17) is 9.84 Å². The number of benzene rings is 2. The zero-order valence-electron chi connectivity index (χ0n) is 11.3. The topological polar surface area (TPSA) is 75.6 Å². The van der Waals surface area contributed by atoms with E-state index in [-0.39, 0.29) is 5.91 Å². The summed E-state index contributed by atoms with van der Waals surface area (Å²) in [6, 6.07) is 13.4. The zero-order chi connectivity index (χ0) is 14.8. The summed E-state index contributed by atoms with van der Waals surface area (Å²) in [6.07, 6.45) is -0.797. The van der Waals surface area contributed by atoms with Gasteiger partial charge in [0.05, 0.1) is 0 Å². The number of fused-ring (bicyclic) bond motifs is 1. The van der Waals surface area contributed by atoms with E-state index >= 15 is 0 Å². The fraction of sp³-hybridized carbons (Fsp3) is 0.250. The van der Waals surface area contributed by atoms with Crippen LogP contribution in [0.5, 0.6) is 0 Å². The van der Waals surface area contributed by atoms with Gasteiger partial charge in [-0.1, -0.05) is 36.4 Å². The minimum atomic E-state index is -1.02. The summed E-state index contributed by atoms with van der Waals surface area (Å²) >= 11 is 0. The Bertz CT molecular complexity index is 692. The van der Waals surface area contributed by atoms with Crippen LogP contribution in [-0.2, 0) is 14.3 Å². The monoisotopic (exact) mass is 285 g/mol. The van der Waals surface area contributed by atoms with E-state index in [1.54, 1.807) is 0 Å². The van der Waals surface area contributed by atoms with E-state index in [1.165, 1.54) is 0 Å². The summed E-state index contributed by atoms with van der Waals surface area (Å²) in [7, 11) is 0. The number of anilines is 1. The van der Waals surface area contributed by atoms with Crippen LogP contribution in [0.3, 0.4) is 0 Å². The molecule has 2 aromatic rings. The summed E-state index contributed by atoms with van der Waals surface area (Å²) in [4.78, 5) is 23.0. The average Bonchev–Trinajstić information content (AvgIpc) is 2.98. The summed E-state index contributed by atoms with van der Waals surface area (Å²) in [5.41, 5.74) is 0.709. The van der Waals surface area contributed by atoms with Gasteiger partial charge in [-0.05, 0) is 24.3 Å². The number of rotatable bonds is 3. The predicted molar refractivity (Wildman–Crippen MR) is 78.1 cm³/mol.